The number of nitrogens with zero attached hydrogens (tertiary/aromatic N) is 1. The van der Waals surface area contributed by atoms with Crippen molar-refractivity contribution in [3.63, 3.8) is 0 Å². The van der Waals surface area contributed by atoms with Crippen LogP contribution in [0.2, 0.25) is 0 Å². The van der Waals surface area contributed by atoms with Crippen LogP contribution < -0.4 is 5.32 Å². The van der Waals surface area contributed by atoms with Crippen LogP contribution in [0, 0.1) is 0 Å². The van der Waals surface area contributed by atoms with Crippen LogP contribution in [0.1, 0.15) is 47.0 Å². The van der Waals surface area contributed by atoms with E-state index in [1.165, 1.54) is 0 Å². The predicted octanol–water partition coefficient (Wildman–Crippen LogP) is 1.38. The molecule has 0 aromatic carbocycles. The number of carbonyl (C=O) groups is 1. The van der Waals surface area contributed by atoms with Gasteiger partial charge in [0.25, 0.3) is 0 Å². The van der Waals surface area contributed by atoms with Crippen molar-refractivity contribution in [2.75, 3.05) is 13.6 Å². The van der Waals surface area contributed by atoms with E-state index >= 15 is 0 Å². The van der Waals surface area contributed by atoms with E-state index in [9.17, 15) is 9.90 Å². The fourth-order valence-corrected chi connectivity index (χ4v) is 1.65. The summed E-state index contributed by atoms with van der Waals surface area (Å²) in [6.45, 7) is 8.54. The fourth-order valence-electron chi connectivity index (χ4n) is 1.65. The lowest BCUT2D eigenvalue weighted by Gasteiger charge is -2.25. The van der Waals surface area contributed by atoms with E-state index in [2.05, 4.69) is 12.2 Å². The van der Waals surface area contributed by atoms with Crippen molar-refractivity contribution in [3.05, 3.63) is 0 Å². The Bertz CT molecular complexity index is 219. The number of amides is 1. The van der Waals surface area contributed by atoms with Crippen molar-refractivity contribution in [3.8, 4) is 0 Å². The number of aliphatic hydroxyl groups excluding tert-OH is 1. The SMILES string of the molecule is CCCC(C)NC(=O)C(C)N(C)CCC(C)O. The smallest absolute Gasteiger partial charge is 0.237 e. The minimum absolute atomic E-state index is 0.0686. The van der Waals surface area contributed by atoms with Gasteiger partial charge in [0.2, 0.25) is 5.91 Å². The van der Waals surface area contributed by atoms with Crippen molar-refractivity contribution in [2.24, 2.45) is 0 Å². The first-order valence-corrected chi connectivity index (χ1v) is 6.57. The molecule has 0 fully saturated rings. The van der Waals surface area contributed by atoms with E-state index in [1.807, 2.05) is 25.8 Å². The normalized spacial score (nSPS) is 16.6. The number of hydrogen-bond acceptors (Lipinski definition) is 3. The molecule has 0 spiro atoms. The summed E-state index contributed by atoms with van der Waals surface area (Å²) in [5, 5.41) is 12.2. The highest BCUT2D eigenvalue weighted by Gasteiger charge is 2.19. The zero-order valence-corrected chi connectivity index (χ0v) is 11.9. The summed E-state index contributed by atoms with van der Waals surface area (Å²) in [4.78, 5) is 13.9. The minimum Gasteiger partial charge on any atom is -0.393 e. The standard InChI is InChI=1S/C13H28N2O2/c1-6-7-10(2)14-13(17)12(4)15(5)9-8-11(3)16/h10-12,16H,6-9H2,1-5H3,(H,14,17). The van der Waals surface area contributed by atoms with Gasteiger partial charge in [-0.1, -0.05) is 13.3 Å². The third-order valence-corrected chi connectivity index (χ3v) is 3.05. The van der Waals surface area contributed by atoms with Crippen LogP contribution >= 0.6 is 0 Å². The van der Waals surface area contributed by atoms with E-state index in [0.717, 1.165) is 19.4 Å². The molecular formula is C13H28N2O2. The Labute approximate surface area is 105 Å². The van der Waals surface area contributed by atoms with Crippen molar-refractivity contribution in [2.45, 2.75) is 65.1 Å². The quantitative estimate of drug-likeness (QED) is 0.678. The Hall–Kier alpha value is -0.610. The second-order valence-electron chi connectivity index (χ2n) is 4.99. The molecule has 2 N–H and O–H groups in total. The second-order valence-corrected chi connectivity index (χ2v) is 4.99. The zero-order valence-electron chi connectivity index (χ0n) is 11.9. The Kier molecular flexibility index (Phi) is 8.17. The van der Waals surface area contributed by atoms with Crippen molar-refractivity contribution in [1.29, 1.82) is 0 Å². The Balaban J connectivity index is 4.02. The van der Waals surface area contributed by atoms with Gasteiger partial charge in [-0.05, 0) is 40.7 Å². The van der Waals surface area contributed by atoms with Gasteiger partial charge in [0.15, 0.2) is 0 Å². The zero-order chi connectivity index (χ0) is 13.4. The van der Waals surface area contributed by atoms with Crippen molar-refractivity contribution < 1.29 is 9.90 Å². The van der Waals surface area contributed by atoms with Crippen LogP contribution in [0.4, 0.5) is 0 Å². The lowest BCUT2D eigenvalue weighted by molar-refractivity contribution is -0.126. The maximum absolute atomic E-state index is 11.9. The third-order valence-electron chi connectivity index (χ3n) is 3.05. The number of rotatable bonds is 8. The maximum Gasteiger partial charge on any atom is 0.237 e. The molecule has 0 saturated carbocycles. The molecule has 1 amide bonds. The number of aliphatic hydroxyl groups is 1. The lowest BCUT2D eigenvalue weighted by Crippen LogP contribution is -2.46. The van der Waals surface area contributed by atoms with Crippen LogP contribution in [0.3, 0.4) is 0 Å². The first-order valence-electron chi connectivity index (χ1n) is 6.57. The largest absolute Gasteiger partial charge is 0.393 e. The molecule has 0 aliphatic rings. The molecule has 0 bridgehead atoms. The third kappa shape index (κ3) is 7.34. The molecule has 0 rings (SSSR count). The molecule has 4 nitrogen and oxygen atoms in total. The summed E-state index contributed by atoms with van der Waals surface area (Å²) in [5.41, 5.74) is 0. The highest BCUT2D eigenvalue weighted by Crippen LogP contribution is 2.02. The summed E-state index contributed by atoms with van der Waals surface area (Å²) in [6.07, 6.45) is 2.47. The fraction of sp³-hybridized carbons (Fsp3) is 0.923. The van der Waals surface area contributed by atoms with Gasteiger partial charge in [-0.3, -0.25) is 9.69 Å². The number of hydrogen-bond donors (Lipinski definition) is 2. The summed E-state index contributed by atoms with van der Waals surface area (Å²) in [7, 11) is 1.91. The molecule has 0 aromatic heterocycles. The molecule has 0 heterocycles. The van der Waals surface area contributed by atoms with Crippen LogP contribution in [0.5, 0.6) is 0 Å². The van der Waals surface area contributed by atoms with E-state index in [0.29, 0.717) is 6.42 Å². The Morgan fingerprint density at radius 2 is 1.88 bits per heavy atom. The first-order chi connectivity index (χ1) is 7.88. The molecule has 0 aliphatic heterocycles. The Morgan fingerprint density at radius 3 is 2.35 bits per heavy atom. The Morgan fingerprint density at radius 1 is 1.29 bits per heavy atom. The molecule has 102 valence electrons. The van der Waals surface area contributed by atoms with Crippen LogP contribution in [-0.2, 0) is 4.79 Å². The van der Waals surface area contributed by atoms with Gasteiger partial charge in [-0.25, -0.2) is 0 Å². The molecular weight excluding hydrogens is 216 g/mol. The lowest BCUT2D eigenvalue weighted by atomic mass is 10.1. The van der Waals surface area contributed by atoms with E-state index in [4.69, 9.17) is 0 Å². The topological polar surface area (TPSA) is 52.6 Å². The number of carbonyl (C=O) groups excluding carboxylic acids is 1. The monoisotopic (exact) mass is 244 g/mol. The molecule has 0 saturated heterocycles. The highest BCUT2D eigenvalue weighted by atomic mass is 16.3. The summed E-state index contributed by atoms with van der Waals surface area (Å²) in [6, 6.07) is 0.0909. The second kappa shape index (κ2) is 8.48. The van der Waals surface area contributed by atoms with Gasteiger partial charge in [-0.15, -0.1) is 0 Å². The molecule has 0 radical (unpaired) electrons. The molecule has 17 heavy (non-hydrogen) atoms. The summed E-state index contributed by atoms with van der Waals surface area (Å²) in [5.74, 6) is 0.0686. The van der Waals surface area contributed by atoms with Gasteiger partial charge in [0.05, 0.1) is 12.1 Å². The maximum atomic E-state index is 11.9. The van der Waals surface area contributed by atoms with Gasteiger partial charge in [-0.2, -0.15) is 0 Å². The van der Waals surface area contributed by atoms with Crippen molar-refractivity contribution in [1.82, 2.24) is 10.2 Å². The summed E-state index contributed by atoms with van der Waals surface area (Å²) >= 11 is 0. The van der Waals surface area contributed by atoms with Crippen LogP contribution in [0.25, 0.3) is 0 Å². The van der Waals surface area contributed by atoms with E-state index in [-0.39, 0.29) is 24.1 Å². The molecule has 3 unspecified atom stereocenters. The predicted molar refractivity (Wildman–Crippen MR) is 70.9 cm³/mol. The van der Waals surface area contributed by atoms with E-state index < -0.39 is 0 Å². The average Bonchev–Trinajstić information content (AvgIpc) is 2.24. The average molecular weight is 244 g/mol. The van der Waals surface area contributed by atoms with Crippen LogP contribution in [0.15, 0.2) is 0 Å². The van der Waals surface area contributed by atoms with Crippen molar-refractivity contribution >= 4 is 5.91 Å². The van der Waals surface area contributed by atoms with Gasteiger partial charge >= 0.3 is 0 Å². The molecule has 3 atom stereocenters. The first kappa shape index (κ1) is 16.4. The minimum atomic E-state index is -0.313. The highest BCUT2D eigenvalue weighted by molar-refractivity contribution is 5.81. The van der Waals surface area contributed by atoms with Crippen LogP contribution in [-0.4, -0.2) is 47.7 Å². The molecule has 0 aromatic rings. The molecule has 0 aliphatic carbocycles. The van der Waals surface area contributed by atoms with Gasteiger partial charge < -0.3 is 10.4 Å². The van der Waals surface area contributed by atoms with Gasteiger partial charge in [0.1, 0.15) is 0 Å². The van der Waals surface area contributed by atoms with Gasteiger partial charge in [0, 0.05) is 12.6 Å². The molecule has 4 heteroatoms. The summed E-state index contributed by atoms with van der Waals surface area (Å²) < 4.78 is 0. The number of likely N-dealkylation sites (N-methyl/N-ethyl adjacent to an activating group) is 1. The van der Waals surface area contributed by atoms with E-state index in [1.54, 1.807) is 6.92 Å². The number of nitrogens with one attached hydrogen (secondary N) is 1.